The van der Waals surface area contributed by atoms with Crippen molar-refractivity contribution in [3.63, 3.8) is 0 Å². The Morgan fingerprint density at radius 3 is 2.07 bits per heavy atom. The number of para-hydroxylation sites is 1. The minimum absolute atomic E-state index is 0.0613. The molecule has 0 atom stereocenters. The zero-order chi connectivity index (χ0) is 21.9. The lowest BCUT2D eigenvalue weighted by molar-refractivity contribution is -0.114. The van der Waals surface area contributed by atoms with Crippen molar-refractivity contribution in [1.82, 2.24) is 0 Å². The third-order valence-corrected chi connectivity index (χ3v) is 6.71. The first kappa shape index (κ1) is 21.9. The fourth-order valence-electron chi connectivity index (χ4n) is 3.33. The number of rotatable bonds is 6. The summed E-state index contributed by atoms with van der Waals surface area (Å²) in [5.41, 5.74) is 4.04. The van der Waals surface area contributed by atoms with Crippen molar-refractivity contribution in [3.8, 4) is 0 Å². The summed E-state index contributed by atoms with van der Waals surface area (Å²) in [5.74, 6) is -0.425. The minimum Gasteiger partial charge on any atom is -0.324 e. The highest BCUT2D eigenvalue weighted by atomic mass is 35.5. The van der Waals surface area contributed by atoms with E-state index >= 15 is 0 Å². The molecule has 0 aromatic heterocycles. The molecular weight excluding hydrogens is 420 g/mol. The van der Waals surface area contributed by atoms with Crippen molar-refractivity contribution in [1.29, 1.82) is 0 Å². The maximum absolute atomic E-state index is 13.3. The quantitative estimate of drug-likeness (QED) is 0.577. The number of nitrogens with zero attached hydrogens (tertiary/aromatic N) is 1. The predicted molar refractivity (Wildman–Crippen MR) is 122 cm³/mol. The Balaban J connectivity index is 1.94. The average molecular weight is 443 g/mol. The summed E-state index contributed by atoms with van der Waals surface area (Å²) in [6, 6.07) is 18.4. The van der Waals surface area contributed by atoms with Crippen LogP contribution in [0.2, 0.25) is 5.02 Å². The number of aryl methyl sites for hydroxylation is 3. The van der Waals surface area contributed by atoms with Gasteiger partial charge < -0.3 is 5.32 Å². The zero-order valence-electron chi connectivity index (χ0n) is 17.0. The largest absolute Gasteiger partial charge is 0.324 e. The van der Waals surface area contributed by atoms with Crippen molar-refractivity contribution in [2.45, 2.75) is 25.7 Å². The standard InChI is InChI=1S/C23H23ClN2O3S/c1-16-13-17(2)23(18(3)14-16)25-22(27)15-26(20-7-5-4-6-8-20)30(28,29)21-11-9-19(24)10-12-21/h4-14H,15H2,1-3H3,(H,25,27). The fourth-order valence-corrected chi connectivity index (χ4v) is 4.88. The second kappa shape index (κ2) is 8.90. The molecule has 3 rings (SSSR count). The Hall–Kier alpha value is -2.83. The molecule has 3 aromatic carbocycles. The van der Waals surface area contributed by atoms with Gasteiger partial charge in [0.05, 0.1) is 10.6 Å². The molecule has 0 fully saturated rings. The normalized spacial score (nSPS) is 11.2. The van der Waals surface area contributed by atoms with Gasteiger partial charge in [-0.25, -0.2) is 8.42 Å². The Bertz CT molecular complexity index is 1140. The van der Waals surface area contributed by atoms with Gasteiger partial charge in [0.1, 0.15) is 6.54 Å². The average Bonchev–Trinajstić information content (AvgIpc) is 2.70. The van der Waals surface area contributed by atoms with E-state index < -0.39 is 15.9 Å². The van der Waals surface area contributed by atoms with E-state index in [1.807, 2.05) is 32.9 Å². The number of halogens is 1. The molecule has 0 saturated heterocycles. The number of anilines is 2. The molecule has 30 heavy (non-hydrogen) atoms. The van der Waals surface area contributed by atoms with Crippen LogP contribution < -0.4 is 9.62 Å². The van der Waals surface area contributed by atoms with E-state index in [4.69, 9.17) is 11.6 Å². The van der Waals surface area contributed by atoms with Crippen molar-refractivity contribution in [2.75, 3.05) is 16.2 Å². The molecule has 0 bridgehead atoms. The van der Waals surface area contributed by atoms with Crippen LogP contribution >= 0.6 is 11.6 Å². The highest BCUT2D eigenvalue weighted by Gasteiger charge is 2.27. The Kier molecular flexibility index (Phi) is 6.48. The SMILES string of the molecule is Cc1cc(C)c(NC(=O)CN(c2ccccc2)S(=O)(=O)c2ccc(Cl)cc2)c(C)c1. The number of benzene rings is 3. The lowest BCUT2D eigenvalue weighted by Gasteiger charge is -2.24. The van der Waals surface area contributed by atoms with Crippen molar-refractivity contribution >= 4 is 38.9 Å². The van der Waals surface area contributed by atoms with E-state index in [1.54, 1.807) is 30.3 Å². The smallest absolute Gasteiger partial charge is 0.264 e. The second-order valence-corrected chi connectivity index (χ2v) is 9.42. The fraction of sp³-hybridized carbons (Fsp3) is 0.174. The highest BCUT2D eigenvalue weighted by Crippen LogP contribution is 2.26. The first-order chi connectivity index (χ1) is 14.2. The van der Waals surface area contributed by atoms with Crippen LogP contribution in [0.1, 0.15) is 16.7 Å². The monoisotopic (exact) mass is 442 g/mol. The molecule has 0 heterocycles. The number of hydrogen-bond acceptors (Lipinski definition) is 3. The van der Waals surface area contributed by atoms with Crippen LogP contribution in [0.3, 0.4) is 0 Å². The highest BCUT2D eigenvalue weighted by molar-refractivity contribution is 7.92. The first-order valence-electron chi connectivity index (χ1n) is 9.39. The molecule has 3 aromatic rings. The number of hydrogen-bond donors (Lipinski definition) is 1. The first-order valence-corrected chi connectivity index (χ1v) is 11.2. The third kappa shape index (κ3) is 4.83. The molecule has 0 unspecified atom stereocenters. The van der Waals surface area contributed by atoms with E-state index in [2.05, 4.69) is 5.32 Å². The van der Waals surface area contributed by atoms with Gasteiger partial charge in [0.2, 0.25) is 5.91 Å². The minimum atomic E-state index is -3.97. The molecular formula is C23H23ClN2O3S. The number of carbonyl (C=O) groups is 1. The molecule has 0 aliphatic heterocycles. The molecule has 0 aliphatic rings. The number of amides is 1. The van der Waals surface area contributed by atoms with Gasteiger partial charge in [0.25, 0.3) is 10.0 Å². The van der Waals surface area contributed by atoms with E-state index in [-0.39, 0.29) is 11.4 Å². The lowest BCUT2D eigenvalue weighted by atomic mass is 10.1. The van der Waals surface area contributed by atoms with Crippen LogP contribution in [0, 0.1) is 20.8 Å². The van der Waals surface area contributed by atoms with E-state index in [0.29, 0.717) is 16.4 Å². The summed E-state index contributed by atoms with van der Waals surface area (Å²) >= 11 is 5.90. The van der Waals surface area contributed by atoms with Crippen LogP contribution in [-0.2, 0) is 14.8 Å². The van der Waals surface area contributed by atoms with Crippen LogP contribution in [0.5, 0.6) is 0 Å². The van der Waals surface area contributed by atoms with Gasteiger partial charge in [-0.05, 0) is 68.3 Å². The Morgan fingerprint density at radius 1 is 0.933 bits per heavy atom. The molecule has 156 valence electrons. The van der Waals surface area contributed by atoms with Gasteiger partial charge in [-0.3, -0.25) is 9.10 Å². The Labute approximate surface area is 182 Å². The van der Waals surface area contributed by atoms with Crippen LogP contribution in [0.15, 0.2) is 71.6 Å². The van der Waals surface area contributed by atoms with Gasteiger partial charge in [-0.1, -0.05) is 47.5 Å². The summed E-state index contributed by atoms with van der Waals surface area (Å²) in [6.07, 6.45) is 0. The summed E-state index contributed by atoms with van der Waals surface area (Å²) in [4.78, 5) is 12.9. The van der Waals surface area contributed by atoms with Crippen molar-refractivity contribution in [3.05, 3.63) is 88.4 Å². The molecule has 7 heteroatoms. The molecule has 0 saturated carbocycles. The molecule has 0 aliphatic carbocycles. The summed E-state index contributed by atoms with van der Waals surface area (Å²) < 4.78 is 27.7. The number of sulfonamides is 1. The second-order valence-electron chi connectivity index (χ2n) is 7.12. The van der Waals surface area contributed by atoms with Gasteiger partial charge in [-0.15, -0.1) is 0 Å². The summed E-state index contributed by atoms with van der Waals surface area (Å²) in [7, 11) is -3.97. The number of nitrogens with one attached hydrogen (secondary N) is 1. The topological polar surface area (TPSA) is 66.5 Å². The number of carbonyl (C=O) groups excluding carboxylic acids is 1. The van der Waals surface area contributed by atoms with Gasteiger partial charge in [0.15, 0.2) is 0 Å². The molecule has 0 radical (unpaired) electrons. The molecule has 1 N–H and O–H groups in total. The molecule has 5 nitrogen and oxygen atoms in total. The van der Waals surface area contributed by atoms with Crippen LogP contribution in [0.4, 0.5) is 11.4 Å². The van der Waals surface area contributed by atoms with Crippen molar-refractivity contribution < 1.29 is 13.2 Å². The Morgan fingerprint density at radius 2 is 1.50 bits per heavy atom. The maximum atomic E-state index is 13.3. The maximum Gasteiger partial charge on any atom is 0.264 e. The molecule has 0 spiro atoms. The van der Waals surface area contributed by atoms with E-state index in [1.165, 1.54) is 24.3 Å². The van der Waals surface area contributed by atoms with Gasteiger partial charge in [0, 0.05) is 10.7 Å². The van der Waals surface area contributed by atoms with Gasteiger partial charge in [-0.2, -0.15) is 0 Å². The lowest BCUT2D eigenvalue weighted by Crippen LogP contribution is -2.38. The summed E-state index contributed by atoms with van der Waals surface area (Å²) in [5, 5.41) is 3.31. The van der Waals surface area contributed by atoms with Crippen LogP contribution in [0.25, 0.3) is 0 Å². The van der Waals surface area contributed by atoms with E-state index in [0.717, 1.165) is 21.0 Å². The van der Waals surface area contributed by atoms with Crippen LogP contribution in [-0.4, -0.2) is 20.9 Å². The molecule has 1 amide bonds. The zero-order valence-corrected chi connectivity index (χ0v) is 18.6. The van der Waals surface area contributed by atoms with Crippen molar-refractivity contribution in [2.24, 2.45) is 0 Å². The van der Waals surface area contributed by atoms with Gasteiger partial charge >= 0.3 is 0 Å². The third-order valence-electron chi connectivity index (χ3n) is 4.67. The van der Waals surface area contributed by atoms with E-state index in [9.17, 15) is 13.2 Å². The predicted octanol–water partition coefficient (Wildman–Crippen LogP) is 5.10. The summed E-state index contributed by atoms with van der Waals surface area (Å²) in [6.45, 7) is 5.45.